The Kier molecular flexibility index (Phi) is 4.98. The minimum atomic E-state index is -0.963. The third-order valence-electron chi connectivity index (χ3n) is 1.18. The van der Waals surface area contributed by atoms with E-state index in [4.69, 9.17) is 10.2 Å². The van der Waals surface area contributed by atoms with Crippen molar-refractivity contribution in [3.63, 3.8) is 0 Å². The van der Waals surface area contributed by atoms with E-state index in [1.807, 2.05) is 6.92 Å². The topological polar surface area (TPSA) is 57.5 Å². The molecular formula is C7H12O3S. The summed E-state index contributed by atoms with van der Waals surface area (Å²) < 4.78 is 0. The van der Waals surface area contributed by atoms with Gasteiger partial charge in [-0.25, -0.2) is 4.79 Å². The first-order valence-corrected chi connectivity index (χ1v) is 4.21. The lowest BCUT2D eigenvalue weighted by Gasteiger charge is -2.10. The van der Waals surface area contributed by atoms with Crippen molar-refractivity contribution in [3.8, 4) is 0 Å². The van der Waals surface area contributed by atoms with Crippen LogP contribution in [0.1, 0.15) is 13.8 Å². The van der Waals surface area contributed by atoms with Crippen LogP contribution in [-0.4, -0.2) is 27.5 Å². The van der Waals surface area contributed by atoms with Gasteiger partial charge in [0.2, 0.25) is 0 Å². The van der Waals surface area contributed by atoms with Crippen LogP contribution in [0.3, 0.4) is 0 Å². The normalized spacial score (nSPS) is 16.6. The average Bonchev–Trinajstić information content (AvgIpc) is 1.86. The standard InChI is InChI=1S/C7H12O3S/c1-5(8)6(2)11-4-3-7(9)10/h3-6,8H,1-2H3,(H,9,10)/b4-3+. The third kappa shape index (κ3) is 5.94. The minimum Gasteiger partial charge on any atom is -0.478 e. The number of aliphatic hydroxyl groups is 1. The Morgan fingerprint density at radius 3 is 2.45 bits per heavy atom. The molecule has 0 saturated heterocycles. The van der Waals surface area contributed by atoms with Crippen LogP contribution >= 0.6 is 11.8 Å². The number of carboxylic acid groups (broad SMARTS) is 1. The number of carboxylic acids is 1. The number of aliphatic carboxylic acids is 1. The molecule has 0 aliphatic heterocycles. The van der Waals surface area contributed by atoms with Gasteiger partial charge in [-0.3, -0.25) is 0 Å². The predicted molar refractivity (Wildman–Crippen MR) is 45.5 cm³/mol. The van der Waals surface area contributed by atoms with Crippen molar-refractivity contribution in [2.24, 2.45) is 0 Å². The van der Waals surface area contributed by atoms with Crippen molar-refractivity contribution in [1.29, 1.82) is 0 Å². The second kappa shape index (κ2) is 5.21. The van der Waals surface area contributed by atoms with Crippen LogP contribution in [0, 0.1) is 0 Å². The molecular weight excluding hydrogens is 164 g/mol. The summed E-state index contributed by atoms with van der Waals surface area (Å²) in [6.07, 6.45) is 0.641. The quantitative estimate of drug-likeness (QED) is 0.629. The number of aliphatic hydroxyl groups excluding tert-OH is 1. The number of carbonyl (C=O) groups is 1. The lowest BCUT2D eigenvalue weighted by molar-refractivity contribution is -0.131. The summed E-state index contributed by atoms with van der Waals surface area (Å²) in [4.78, 5) is 9.99. The molecule has 0 rings (SSSR count). The zero-order valence-electron chi connectivity index (χ0n) is 6.52. The molecule has 0 fully saturated rings. The Balaban J connectivity index is 3.61. The van der Waals surface area contributed by atoms with Crippen LogP contribution in [0.25, 0.3) is 0 Å². The van der Waals surface area contributed by atoms with Gasteiger partial charge in [-0.1, -0.05) is 6.92 Å². The summed E-state index contributed by atoms with van der Waals surface area (Å²) in [5.41, 5.74) is 0. The van der Waals surface area contributed by atoms with E-state index < -0.39 is 12.1 Å². The molecule has 11 heavy (non-hydrogen) atoms. The van der Waals surface area contributed by atoms with Crippen molar-refractivity contribution in [1.82, 2.24) is 0 Å². The highest BCUT2D eigenvalue weighted by Crippen LogP contribution is 2.14. The fraction of sp³-hybridized carbons (Fsp3) is 0.571. The van der Waals surface area contributed by atoms with Crippen LogP contribution in [0.4, 0.5) is 0 Å². The molecule has 2 unspecified atom stereocenters. The molecule has 0 aromatic rings. The molecule has 0 aliphatic rings. The van der Waals surface area contributed by atoms with E-state index in [-0.39, 0.29) is 5.25 Å². The molecule has 0 aliphatic carbocycles. The molecule has 0 aromatic carbocycles. The molecule has 0 radical (unpaired) electrons. The van der Waals surface area contributed by atoms with Crippen LogP contribution in [-0.2, 0) is 4.79 Å². The Morgan fingerprint density at radius 2 is 2.09 bits per heavy atom. The van der Waals surface area contributed by atoms with Crippen molar-refractivity contribution in [2.45, 2.75) is 25.2 Å². The lowest BCUT2D eigenvalue weighted by atomic mass is 10.3. The molecule has 0 spiro atoms. The Hall–Kier alpha value is -0.480. The van der Waals surface area contributed by atoms with Gasteiger partial charge in [0.1, 0.15) is 0 Å². The molecule has 0 heterocycles. The van der Waals surface area contributed by atoms with E-state index in [1.165, 1.54) is 17.2 Å². The van der Waals surface area contributed by atoms with Crippen molar-refractivity contribution in [2.75, 3.05) is 0 Å². The highest BCUT2D eigenvalue weighted by Gasteiger charge is 2.06. The van der Waals surface area contributed by atoms with E-state index in [1.54, 1.807) is 6.92 Å². The van der Waals surface area contributed by atoms with Gasteiger partial charge in [-0.15, -0.1) is 11.8 Å². The van der Waals surface area contributed by atoms with Gasteiger partial charge in [0.05, 0.1) is 6.10 Å². The van der Waals surface area contributed by atoms with Gasteiger partial charge in [-0.2, -0.15) is 0 Å². The fourth-order valence-electron chi connectivity index (χ4n) is 0.335. The second-order valence-corrected chi connectivity index (χ2v) is 3.51. The number of hydrogen-bond donors (Lipinski definition) is 2. The molecule has 0 bridgehead atoms. The van der Waals surface area contributed by atoms with E-state index in [2.05, 4.69) is 0 Å². The zero-order chi connectivity index (χ0) is 8.85. The van der Waals surface area contributed by atoms with E-state index in [9.17, 15) is 4.79 Å². The lowest BCUT2D eigenvalue weighted by Crippen LogP contribution is -2.14. The SMILES string of the molecule is CC(O)C(C)S/C=C/C(=O)O. The predicted octanol–water partition coefficient (Wildman–Crippen LogP) is 1.09. The smallest absolute Gasteiger partial charge is 0.328 e. The molecule has 0 aromatic heterocycles. The maximum atomic E-state index is 9.99. The molecule has 0 amide bonds. The maximum absolute atomic E-state index is 9.99. The average molecular weight is 176 g/mol. The monoisotopic (exact) mass is 176 g/mol. The van der Waals surface area contributed by atoms with E-state index in [0.29, 0.717) is 0 Å². The molecule has 64 valence electrons. The first-order valence-electron chi connectivity index (χ1n) is 3.27. The maximum Gasteiger partial charge on any atom is 0.328 e. The van der Waals surface area contributed by atoms with Gasteiger partial charge in [-0.05, 0) is 12.3 Å². The van der Waals surface area contributed by atoms with Crippen molar-refractivity contribution < 1.29 is 15.0 Å². The number of hydrogen-bond acceptors (Lipinski definition) is 3. The largest absolute Gasteiger partial charge is 0.478 e. The Labute approximate surface area is 70.1 Å². The Morgan fingerprint density at radius 1 is 1.55 bits per heavy atom. The van der Waals surface area contributed by atoms with E-state index in [0.717, 1.165) is 6.08 Å². The van der Waals surface area contributed by atoms with Gasteiger partial charge in [0.15, 0.2) is 0 Å². The van der Waals surface area contributed by atoms with Gasteiger partial charge < -0.3 is 10.2 Å². The highest BCUT2D eigenvalue weighted by molar-refractivity contribution is 8.02. The third-order valence-corrected chi connectivity index (χ3v) is 2.30. The summed E-state index contributed by atoms with van der Waals surface area (Å²) in [7, 11) is 0. The minimum absolute atomic E-state index is 0.0330. The molecule has 2 N–H and O–H groups in total. The summed E-state index contributed by atoms with van der Waals surface area (Å²) in [5, 5.41) is 18.7. The molecule has 2 atom stereocenters. The van der Waals surface area contributed by atoms with Crippen molar-refractivity contribution >= 4 is 17.7 Å². The first-order chi connectivity index (χ1) is 5.04. The fourth-order valence-corrected chi connectivity index (χ4v) is 1.01. The van der Waals surface area contributed by atoms with Crippen LogP contribution < -0.4 is 0 Å². The van der Waals surface area contributed by atoms with Crippen LogP contribution in [0.5, 0.6) is 0 Å². The molecule has 4 heteroatoms. The van der Waals surface area contributed by atoms with Gasteiger partial charge in [0.25, 0.3) is 0 Å². The van der Waals surface area contributed by atoms with Crippen molar-refractivity contribution in [3.05, 3.63) is 11.5 Å². The second-order valence-electron chi connectivity index (χ2n) is 2.22. The number of thioether (sulfide) groups is 1. The van der Waals surface area contributed by atoms with E-state index >= 15 is 0 Å². The van der Waals surface area contributed by atoms with Gasteiger partial charge >= 0.3 is 5.97 Å². The highest BCUT2D eigenvalue weighted by atomic mass is 32.2. The first kappa shape index (κ1) is 10.5. The van der Waals surface area contributed by atoms with Crippen LogP contribution in [0.2, 0.25) is 0 Å². The summed E-state index contributed by atoms with van der Waals surface area (Å²) in [6, 6.07) is 0. The zero-order valence-corrected chi connectivity index (χ0v) is 7.34. The van der Waals surface area contributed by atoms with Gasteiger partial charge in [0, 0.05) is 11.3 Å². The summed E-state index contributed by atoms with van der Waals surface area (Å²) in [6.45, 7) is 3.51. The van der Waals surface area contributed by atoms with Crippen LogP contribution in [0.15, 0.2) is 11.5 Å². The molecule has 3 nitrogen and oxygen atoms in total. The number of rotatable bonds is 4. The summed E-state index contributed by atoms with van der Waals surface area (Å²) >= 11 is 1.30. The summed E-state index contributed by atoms with van der Waals surface area (Å²) in [5.74, 6) is -0.963. The molecule has 0 saturated carbocycles. The Bertz CT molecular complexity index is 154.